The van der Waals surface area contributed by atoms with Gasteiger partial charge in [0.05, 0.1) is 18.2 Å². The van der Waals surface area contributed by atoms with Crippen molar-refractivity contribution in [1.29, 1.82) is 0 Å². The van der Waals surface area contributed by atoms with E-state index in [0.717, 1.165) is 6.42 Å². The summed E-state index contributed by atoms with van der Waals surface area (Å²) in [6, 6.07) is -0.487. The summed E-state index contributed by atoms with van der Waals surface area (Å²) in [6.45, 7) is 7.89. The van der Waals surface area contributed by atoms with Gasteiger partial charge in [0, 0.05) is 39.3 Å². The summed E-state index contributed by atoms with van der Waals surface area (Å²) in [5.41, 5.74) is 5.88. The molecule has 140 valence electrons. The van der Waals surface area contributed by atoms with Gasteiger partial charge in [0.25, 0.3) is 10.2 Å². The van der Waals surface area contributed by atoms with E-state index in [9.17, 15) is 13.2 Å². The maximum absolute atomic E-state index is 12.8. The highest BCUT2D eigenvalue weighted by atomic mass is 32.2. The predicted molar refractivity (Wildman–Crippen MR) is 91.5 cm³/mol. The molecule has 2 rings (SSSR count). The molecular formula is C15H30N4O4S. The minimum Gasteiger partial charge on any atom is -0.373 e. The topological polar surface area (TPSA) is 96.2 Å². The lowest BCUT2D eigenvalue weighted by Crippen LogP contribution is -2.59. The third-order valence-corrected chi connectivity index (χ3v) is 6.47. The van der Waals surface area contributed by atoms with Crippen molar-refractivity contribution in [3.8, 4) is 0 Å². The first-order valence-electron chi connectivity index (χ1n) is 8.70. The SMILES string of the molecule is CCCC(N)C(=O)N1CCN(S(=O)(=O)N2CC(C)OC(C)C2)CC1. The minimum atomic E-state index is -3.51. The summed E-state index contributed by atoms with van der Waals surface area (Å²) in [4.78, 5) is 13.9. The lowest BCUT2D eigenvalue weighted by atomic mass is 10.1. The summed E-state index contributed by atoms with van der Waals surface area (Å²) in [7, 11) is -3.51. The standard InChI is InChI=1S/C15H30N4O4S/c1-4-5-14(16)15(20)17-6-8-18(9-7-17)24(21,22)19-10-12(2)23-13(3)11-19/h12-14H,4-11,16H2,1-3H3. The molecule has 0 radical (unpaired) electrons. The number of rotatable bonds is 5. The molecule has 0 aromatic heterocycles. The first kappa shape index (κ1) is 19.6. The maximum Gasteiger partial charge on any atom is 0.282 e. The van der Waals surface area contributed by atoms with Crippen molar-refractivity contribution in [1.82, 2.24) is 13.5 Å². The Morgan fingerprint density at radius 1 is 1.12 bits per heavy atom. The second-order valence-electron chi connectivity index (χ2n) is 6.70. The Balaban J connectivity index is 1.94. The summed E-state index contributed by atoms with van der Waals surface area (Å²) in [5.74, 6) is -0.0810. The molecule has 0 aromatic rings. The Kier molecular flexibility index (Phi) is 6.60. The highest BCUT2D eigenvalue weighted by Gasteiger charge is 2.37. The summed E-state index contributed by atoms with van der Waals surface area (Å²) in [6.07, 6.45) is 1.28. The number of ether oxygens (including phenoxy) is 1. The summed E-state index contributed by atoms with van der Waals surface area (Å²) in [5, 5.41) is 0. The van der Waals surface area contributed by atoms with E-state index in [1.165, 1.54) is 8.61 Å². The van der Waals surface area contributed by atoms with Gasteiger partial charge in [-0.1, -0.05) is 13.3 Å². The van der Waals surface area contributed by atoms with Gasteiger partial charge in [-0.25, -0.2) is 0 Å². The fourth-order valence-electron chi connectivity index (χ4n) is 3.29. The number of nitrogens with two attached hydrogens (primary N) is 1. The van der Waals surface area contributed by atoms with E-state index >= 15 is 0 Å². The van der Waals surface area contributed by atoms with E-state index in [-0.39, 0.29) is 18.1 Å². The van der Waals surface area contributed by atoms with Crippen molar-refractivity contribution >= 4 is 16.1 Å². The number of amides is 1. The lowest BCUT2D eigenvalue weighted by Gasteiger charge is -2.40. The highest BCUT2D eigenvalue weighted by Crippen LogP contribution is 2.19. The molecule has 0 spiro atoms. The molecule has 0 saturated carbocycles. The number of hydrogen-bond donors (Lipinski definition) is 1. The molecule has 0 bridgehead atoms. The third kappa shape index (κ3) is 4.45. The molecule has 24 heavy (non-hydrogen) atoms. The number of piperazine rings is 1. The van der Waals surface area contributed by atoms with Crippen LogP contribution in [-0.2, 0) is 19.7 Å². The Morgan fingerprint density at radius 2 is 1.67 bits per heavy atom. The number of morpholine rings is 1. The number of carbonyl (C=O) groups excluding carboxylic acids is 1. The van der Waals surface area contributed by atoms with Crippen molar-refractivity contribution < 1.29 is 17.9 Å². The molecule has 2 aliphatic heterocycles. The Bertz CT molecular complexity index is 524. The van der Waals surface area contributed by atoms with E-state index in [0.29, 0.717) is 45.7 Å². The van der Waals surface area contributed by atoms with Crippen LogP contribution in [0.1, 0.15) is 33.6 Å². The van der Waals surface area contributed by atoms with Crippen molar-refractivity contribution in [3.63, 3.8) is 0 Å². The van der Waals surface area contributed by atoms with Gasteiger partial charge in [-0.2, -0.15) is 17.0 Å². The average Bonchev–Trinajstić information content (AvgIpc) is 2.53. The van der Waals surface area contributed by atoms with Crippen LogP contribution in [0, 0.1) is 0 Å². The summed E-state index contributed by atoms with van der Waals surface area (Å²) >= 11 is 0. The van der Waals surface area contributed by atoms with Crippen LogP contribution in [0.5, 0.6) is 0 Å². The second kappa shape index (κ2) is 8.09. The van der Waals surface area contributed by atoms with E-state index in [1.54, 1.807) is 4.90 Å². The molecule has 3 unspecified atom stereocenters. The van der Waals surface area contributed by atoms with E-state index in [1.807, 2.05) is 20.8 Å². The molecular weight excluding hydrogens is 332 g/mol. The Hall–Kier alpha value is -0.740. The predicted octanol–water partition coefficient (Wildman–Crippen LogP) is -0.388. The van der Waals surface area contributed by atoms with Gasteiger partial charge < -0.3 is 15.4 Å². The van der Waals surface area contributed by atoms with E-state index < -0.39 is 16.3 Å². The fourth-order valence-corrected chi connectivity index (χ4v) is 5.04. The molecule has 8 nitrogen and oxygen atoms in total. The minimum absolute atomic E-state index is 0.0810. The van der Waals surface area contributed by atoms with Crippen LogP contribution in [0.25, 0.3) is 0 Å². The van der Waals surface area contributed by atoms with Gasteiger partial charge in [-0.05, 0) is 20.3 Å². The molecule has 2 aliphatic rings. The number of carbonyl (C=O) groups is 1. The van der Waals surface area contributed by atoms with Gasteiger partial charge >= 0.3 is 0 Å². The summed E-state index contributed by atoms with van der Waals surface area (Å²) < 4.78 is 34.2. The quantitative estimate of drug-likeness (QED) is 0.719. The van der Waals surface area contributed by atoms with Gasteiger partial charge in [-0.3, -0.25) is 4.79 Å². The fraction of sp³-hybridized carbons (Fsp3) is 0.933. The van der Waals surface area contributed by atoms with Crippen molar-refractivity contribution in [2.45, 2.75) is 51.9 Å². The molecule has 3 atom stereocenters. The molecule has 2 heterocycles. The average molecular weight is 362 g/mol. The lowest BCUT2D eigenvalue weighted by molar-refractivity contribution is -0.134. The van der Waals surface area contributed by atoms with Crippen LogP contribution in [-0.4, -0.2) is 85.4 Å². The van der Waals surface area contributed by atoms with Crippen LogP contribution >= 0.6 is 0 Å². The van der Waals surface area contributed by atoms with Gasteiger partial charge in [0.15, 0.2) is 0 Å². The smallest absolute Gasteiger partial charge is 0.282 e. The van der Waals surface area contributed by atoms with Gasteiger partial charge in [-0.15, -0.1) is 0 Å². The zero-order valence-electron chi connectivity index (χ0n) is 14.8. The van der Waals surface area contributed by atoms with Crippen LogP contribution in [0.4, 0.5) is 0 Å². The highest BCUT2D eigenvalue weighted by molar-refractivity contribution is 7.86. The van der Waals surface area contributed by atoms with Crippen molar-refractivity contribution in [2.24, 2.45) is 5.73 Å². The monoisotopic (exact) mass is 362 g/mol. The maximum atomic E-state index is 12.8. The molecule has 0 aliphatic carbocycles. The van der Waals surface area contributed by atoms with Crippen LogP contribution in [0.2, 0.25) is 0 Å². The van der Waals surface area contributed by atoms with Gasteiger partial charge in [0.1, 0.15) is 0 Å². The molecule has 0 aromatic carbocycles. The molecule has 1 amide bonds. The van der Waals surface area contributed by atoms with Crippen LogP contribution in [0.3, 0.4) is 0 Å². The van der Waals surface area contributed by atoms with Gasteiger partial charge in [0.2, 0.25) is 5.91 Å². The number of nitrogens with zero attached hydrogens (tertiary/aromatic N) is 3. The van der Waals surface area contributed by atoms with Crippen molar-refractivity contribution in [3.05, 3.63) is 0 Å². The molecule has 9 heteroatoms. The van der Waals surface area contributed by atoms with E-state index in [4.69, 9.17) is 10.5 Å². The van der Waals surface area contributed by atoms with Crippen LogP contribution in [0.15, 0.2) is 0 Å². The first-order valence-corrected chi connectivity index (χ1v) is 10.1. The normalized spacial score (nSPS) is 28.8. The largest absolute Gasteiger partial charge is 0.373 e. The second-order valence-corrected chi connectivity index (χ2v) is 8.63. The molecule has 2 saturated heterocycles. The molecule has 2 fully saturated rings. The Labute approximate surface area is 145 Å². The first-order chi connectivity index (χ1) is 11.3. The zero-order chi connectivity index (χ0) is 17.9. The molecule has 2 N–H and O–H groups in total. The van der Waals surface area contributed by atoms with Crippen molar-refractivity contribution in [2.75, 3.05) is 39.3 Å². The van der Waals surface area contributed by atoms with Crippen LogP contribution < -0.4 is 5.73 Å². The zero-order valence-corrected chi connectivity index (χ0v) is 15.7. The number of hydrogen-bond acceptors (Lipinski definition) is 5. The third-order valence-electron chi connectivity index (χ3n) is 4.51. The van der Waals surface area contributed by atoms with E-state index in [2.05, 4.69) is 0 Å². The Morgan fingerprint density at radius 3 is 2.17 bits per heavy atom.